The van der Waals surface area contributed by atoms with Crippen molar-refractivity contribution < 1.29 is 8.42 Å². The van der Waals surface area contributed by atoms with Crippen LogP contribution in [0.3, 0.4) is 0 Å². The van der Waals surface area contributed by atoms with Crippen LogP contribution >= 0.6 is 0 Å². The lowest BCUT2D eigenvalue weighted by Crippen LogP contribution is -2.29. The Morgan fingerprint density at radius 1 is 1.32 bits per heavy atom. The first-order chi connectivity index (χ1) is 8.81. The molecule has 0 spiro atoms. The van der Waals surface area contributed by atoms with Gasteiger partial charge in [0.05, 0.1) is 4.90 Å². The molecule has 1 aromatic rings. The molecule has 0 bridgehead atoms. The highest BCUT2D eigenvalue weighted by Crippen LogP contribution is 2.21. The first kappa shape index (κ1) is 16.1. The summed E-state index contributed by atoms with van der Waals surface area (Å²) in [5.74, 6) is 0.328. The minimum absolute atomic E-state index is 0.328. The summed E-state index contributed by atoms with van der Waals surface area (Å²) in [4.78, 5) is 0.344. The van der Waals surface area contributed by atoms with Crippen molar-refractivity contribution in [3.8, 4) is 0 Å². The highest BCUT2D eigenvalue weighted by atomic mass is 32.2. The molecule has 0 amide bonds. The fourth-order valence-electron chi connectivity index (χ4n) is 1.77. The molecule has 0 radical (unpaired) electrons. The van der Waals surface area contributed by atoms with Crippen molar-refractivity contribution in [2.45, 2.75) is 45.6 Å². The lowest BCUT2D eigenvalue weighted by Gasteiger charge is -2.15. The third-order valence-corrected chi connectivity index (χ3v) is 5.07. The van der Waals surface area contributed by atoms with Gasteiger partial charge >= 0.3 is 0 Å². The van der Waals surface area contributed by atoms with Gasteiger partial charge in [-0.25, -0.2) is 13.1 Å². The summed E-state index contributed by atoms with van der Waals surface area (Å²) in [5.41, 5.74) is 8.19. The van der Waals surface area contributed by atoms with Gasteiger partial charge in [-0.2, -0.15) is 0 Å². The summed E-state index contributed by atoms with van der Waals surface area (Å²) in [7, 11) is -3.46. The normalized spacial score (nSPS) is 13.5. The smallest absolute Gasteiger partial charge is 0.240 e. The van der Waals surface area contributed by atoms with Crippen LogP contribution < -0.4 is 10.5 Å². The molecule has 0 saturated heterocycles. The second kappa shape index (κ2) is 6.50. The molecule has 5 heteroatoms. The van der Waals surface area contributed by atoms with Crippen LogP contribution in [-0.2, 0) is 16.6 Å². The van der Waals surface area contributed by atoms with E-state index in [1.54, 1.807) is 6.07 Å². The molecule has 0 aliphatic carbocycles. The zero-order valence-electron chi connectivity index (χ0n) is 12.2. The van der Waals surface area contributed by atoms with Gasteiger partial charge in [0.15, 0.2) is 0 Å². The van der Waals surface area contributed by atoms with Crippen LogP contribution in [-0.4, -0.2) is 15.0 Å². The van der Waals surface area contributed by atoms with Crippen LogP contribution in [0.2, 0.25) is 0 Å². The van der Waals surface area contributed by atoms with Gasteiger partial charge < -0.3 is 5.73 Å². The standard InChI is InChI=1S/C14H24N2O2S/c1-5-10(2)9-16-19(17,18)14-7-13(8-15)6-11(3)12(14)4/h6-7,10,16H,5,8-9,15H2,1-4H3. The molecule has 0 aromatic heterocycles. The first-order valence-electron chi connectivity index (χ1n) is 6.61. The predicted molar refractivity (Wildman–Crippen MR) is 78.5 cm³/mol. The molecule has 1 atom stereocenters. The van der Waals surface area contributed by atoms with Crippen LogP contribution in [0.4, 0.5) is 0 Å². The van der Waals surface area contributed by atoms with E-state index in [9.17, 15) is 8.42 Å². The van der Waals surface area contributed by atoms with Crippen LogP contribution in [0.25, 0.3) is 0 Å². The quantitative estimate of drug-likeness (QED) is 0.840. The zero-order chi connectivity index (χ0) is 14.6. The van der Waals surface area contributed by atoms with E-state index < -0.39 is 10.0 Å². The number of sulfonamides is 1. The van der Waals surface area contributed by atoms with Crippen molar-refractivity contribution >= 4 is 10.0 Å². The number of hydrogen-bond donors (Lipinski definition) is 2. The van der Waals surface area contributed by atoms with Gasteiger partial charge in [0.2, 0.25) is 10.0 Å². The highest BCUT2D eigenvalue weighted by molar-refractivity contribution is 7.89. The Bertz CT molecular complexity index is 539. The SMILES string of the molecule is CCC(C)CNS(=O)(=O)c1cc(CN)cc(C)c1C. The molecule has 0 aliphatic rings. The van der Waals surface area contributed by atoms with Gasteiger partial charge in [-0.1, -0.05) is 26.3 Å². The maximum Gasteiger partial charge on any atom is 0.240 e. The van der Waals surface area contributed by atoms with E-state index in [2.05, 4.69) is 4.72 Å². The largest absolute Gasteiger partial charge is 0.326 e. The summed E-state index contributed by atoms with van der Waals surface area (Å²) < 4.78 is 27.4. The fraction of sp³-hybridized carbons (Fsp3) is 0.571. The number of hydrogen-bond acceptors (Lipinski definition) is 3. The van der Waals surface area contributed by atoms with E-state index >= 15 is 0 Å². The summed E-state index contributed by atoms with van der Waals surface area (Å²) in [6.07, 6.45) is 0.948. The topological polar surface area (TPSA) is 72.2 Å². The van der Waals surface area contributed by atoms with E-state index in [0.29, 0.717) is 23.9 Å². The second-order valence-electron chi connectivity index (χ2n) is 5.11. The van der Waals surface area contributed by atoms with Gasteiger partial charge in [0, 0.05) is 13.1 Å². The van der Waals surface area contributed by atoms with Crippen molar-refractivity contribution in [2.24, 2.45) is 11.7 Å². The molecule has 0 saturated carbocycles. The molecule has 0 heterocycles. The summed E-state index contributed by atoms with van der Waals surface area (Å²) in [5, 5.41) is 0. The Kier molecular flexibility index (Phi) is 5.52. The molecular weight excluding hydrogens is 260 g/mol. The van der Waals surface area contributed by atoms with Gasteiger partial charge in [0.1, 0.15) is 0 Å². The van der Waals surface area contributed by atoms with E-state index in [4.69, 9.17) is 5.73 Å². The molecule has 1 unspecified atom stereocenters. The summed E-state index contributed by atoms with van der Waals surface area (Å²) in [6, 6.07) is 3.60. The predicted octanol–water partition coefficient (Wildman–Crippen LogP) is 2.09. The minimum atomic E-state index is -3.46. The number of aryl methyl sites for hydroxylation is 1. The second-order valence-corrected chi connectivity index (χ2v) is 6.84. The van der Waals surface area contributed by atoms with Crippen molar-refractivity contribution in [1.82, 2.24) is 4.72 Å². The van der Waals surface area contributed by atoms with Gasteiger partial charge in [-0.05, 0) is 42.5 Å². The molecule has 3 N–H and O–H groups in total. The van der Waals surface area contributed by atoms with Crippen LogP contribution in [0, 0.1) is 19.8 Å². The molecule has 1 aromatic carbocycles. The number of benzene rings is 1. The number of nitrogens with two attached hydrogens (primary N) is 1. The molecule has 108 valence electrons. The Labute approximate surface area is 116 Å². The third kappa shape index (κ3) is 4.03. The van der Waals surface area contributed by atoms with Gasteiger partial charge in [-0.3, -0.25) is 0 Å². The average molecular weight is 284 g/mol. The zero-order valence-corrected chi connectivity index (χ0v) is 13.0. The Balaban J connectivity index is 3.10. The van der Waals surface area contributed by atoms with Gasteiger partial charge in [-0.15, -0.1) is 0 Å². The van der Waals surface area contributed by atoms with Crippen LogP contribution in [0.5, 0.6) is 0 Å². The Morgan fingerprint density at radius 3 is 2.47 bits per heavy atom. The fourth-order valence-corrected chi connectivity index (χ4v) is 3.30. The Morgan fingerprint density at radius 2 is 1.95 bits per heavy atom. The first-order valence-corrected chi connectivity index (χ1v) is 8.10. The van der Waals surface area contributed by atoms with Gasteiger partial charge in [0.25, 0.3) is 0 Å². The van der Waals surface area contributed by atoms with E-state index in [1.165, 1.54) is 0 Å². The number of rotatable bonds is 6. The summed E-state index contributed by atoms with van der Waals surface area (Å²) in [6.45, 7) is 8.61. The Hall–Kier alpha value is -0.910. The van der Waals surface area contributed by atoms with Crippen molar-refractivity contribution in [3.63, 3.8) is 0 Å². The molecule has 19 heavy (non-hydrogen) atoms. The highest BCUT2D eigenvalue weighted by Gasteiger charge is 2.19. The molecule has 0 aliphatic heterocycles. The lowest BCUT2D eigenvalue weighted by atomic mass is 10.1. The van der Waals surface area contributed by atoms with E-state index in [1.807, 2.05) is 33.8 Å². The number of nitrogens with one attached hydrogen (secondary N) is 1. The van der Waals surface area contributed by atoms with Crippen LogP contribution in [0.1, 0.15) is 37.0 Å². The minimum Gasteiger partial charge on any atom is -0.326 e. The van der Waals surface area contributed by atoms with E-state index in [0.717, 1.165) is 23.1 Å². The maximum atomic E-state index is 12.3. The lowest BCUT2D eigenvalue weighted by molar-refractivity contribution is 0.528. The molecular formula is C14H24N2O2S. The van der Waals surface area contributed by atoms with Crippen molar-refractivity contribution in [1.29, 1.82) is 0 Å². The van der Waals surface area contributed by atoms with Crippen molar-refractivity contribution in [3.05, 3.63) is 28.8 Å². The van der Waals surface area contributed by atoms with Crippen molar-refractivity contribution in [2.75, 3.05) is 6.54 Å². The maximum absolute atomic E-state index is 12.3. The molecule has 0 fully saturated rings. The third-order valence-electron chi connectivity index (χ3n) is 3.52. The van der Waals surface area contributed by atoms with E-state index in [-0.39, 0.29) is 0 Å². The van der Waals surface area contributed by atoms with Crippen LogP contribution in [0.15, 0.2) is 17.0 Å². The molecule has 1 rings (SSSR count). The average Bonchev–Trinajstić information content (AvgIpc) is 2.38. The molecule has 4 nitrogen and oxygen atoms in total. The summed E-state index contributed by atoms with van der Waals surface area (Å²) >= 11 is 0. The monoisotopic (exact) mass is 284 g/mol.